The highest BCUT2D eigenvalue weighted by Crippen LogP contribution is 2.23. The SMILES string of the molecule is Cc1cc(C2CN(CCCO)CCO2)ccc1F. The van der Waals surface area contributed by atoms with Crippen LogP contribution in [0.1, 0.15) is 23.7 Å². The Labute approximate surface area is 107 Å². The number of hydrogen-bond donors (Lipinski definition) is 1. The standard InChI is InChI=1S/C14H20FNO2/c1-11-9-12(3-4-13(11)15)14-10-16(5-2-7-17)6-8-18-14/h3-4,9,14,17H,2,5-8,10H2,1H3. The van der Waals surface area contributed by atoms with Gasteiger partial charge in [-0.05, 0) is 30.5 Å². The molecule has 1 unspecified atom stereocenters. The van der Waals surface area contributed by atoms with Crippen molar-refractivity contribution < 1.29 is 14.2 Å². The van der Waals surface area contributed by atoms with Crippen LogP contribution in [0.5, 0.6) is 0 Å². The van der Waals surface area contributed by atoms with E-state index in [1.165, 1.54) is 6.07 Å². The lowest BCUT2D eigenvalue weighted by Crippen LogP contribution is -2.39. The summed E-state index contributed by atoms with van der Waals surface area (Å²) in [6.07, 6.45) is 0.798. The highest BCUT2D eigenvalue weighted by molar-refractivity contribution is 5.26. The first kappa shape index (κ1) is 13.5. The predicted octanol–water partition coefficient (Wildman–Crippen LogP) is 1.89. The van der Waals surface area contributed by atoms with Crippen LogP contribution in [-0.4, -0.2) is 42.9 Å². The molecule has 1 heterocycles. The van der Waals surface area contributed by atoms with Gasteiger partial charge < -0.3 is 9.84 Å². The normalized spacial score (nSPS) is 21.2. The van der Waals surface area contributed by atoms with Gasteiger partial charge in [-0.25, -0.2) is 4.39 Å². The van der Waals surface area contributed by atoms with Crippen LogP contribution in [0.4, 0.5) is 4.39 Å². The first-order valence-electron chi connectivity index (χ1n) is 6.41. The van der Waals surface area contributed by atoms with Crippen molar-refractivity contribution in [3.8, 4) is 0 Å². The number of nitrogens with zero attached hydrogens (tertiary/aromatic N) is 1. The summed E-state index contributed by atoms with van der Waals surface area (Å²) in [5, 5.41) is 8.85. The molecule has 1 aromatic rings. The molecule has 1 N–H and O–H groups in total. The average Bonchev–Trinajstić information content (AvgIpc) is 2.40. The van der Waals surface area contributed by atoms with Crippen LogP contribution in [-0.2, 0) is 4.74 Å². The van der Waals surface area contributed by atoms with Crippen molar-refractivity contribution >= 4 is 0 Å². The van der Waals surface area contributed by atoms with E-state index < -0.39 is 0 Å². The summed E-state index contributed by atoms with van der Waals surface area (Å²) in [6, 6.07) is 5.15. The fourth-order valence-electron chi connectivity index (χ4n) is 2.27. The molecule has 0 radical (unpaired) electrons. The largest absolute Gasteiger partial charge is 0.396 e. The van der Waals surface area contributed by atoms with Crippen molar-refractivity contribution in [2.24, 2.45) is 0 Å². The van der Waals surface area contributed by atoms with Crippen LogP contribution in [0.15, 0.2) is 18.2 Å². The van der Waals surface area contributed by atoms with Crippen LogP contribution in [0.2, 0.25) is 0 Å². The van der Waals surface area contributed by atoms with Gasteiger partial charge in [-0.15, -0.1) is 0 Å². The van der Waals surface area contributed by atoms with E-state index in [2.05, 4.69) is 4.90 Å². The Kier molecular flexibility index (Phi) is 4.69. The zero-order valence-corrected chi connectivity index (χ0v) is 10.7. The van der Waals surface area contributed by atoms with Crippen molar-refractivity contribution in [2.75, 3.05) is 32.8 Å². The molecular formula is C14H20FNO2. The Balaban J connectivity index is 2.01. The van der Waals surface area contributed by atoms with Crippen LogP contribution in [0, 0.1) is 12.7 Å². The van der Waals surface area contributed by atoms with Gasteiger partial charge in [-0.1, -0.05) is 12.1 Å². The van der Waals surface area contributed by atoms with Crippen molar-refractivity contribution in [1.82, 2.24) is 4.90 Å². The molecule has 1 atom stereocenters. The summed E-state index contributed by atoms with van der Waals surface area (Å²) in [6.45, 7) is 5.27. The van der Waals surface area contributed by atoms with E-state index in [1.54, 1.807) is 13.0 Å². The van der Waals surface area contributed by atoms with Crippen molar-refractivity contribution in [3.63, 3.8) is 0 Å². The summed E-state index contributed by atoms with van der Waals surface area (Å²) in [4.78, 5) is 2.28. The molecule has 0 spiro atoms. The van der Waals surface area contributed by atoms with Gasteiger partial charge in [-0.3, -0.25) is 4.90 Å². The topological polar surface area (TPSA) is 32.7 Å². The average molecular weight is 253 g/mol. The Morgan fingerprint density at radius 2 is 2.33 bits per heavy atom. The van der Waals surface area contributed by atoms with E-state index in [-0.39, 0.29) is 18.5 Å². The molecule has 1 aliphatic heterocycles. The highest BCUT2D eigenvalue weighted by atomic mass is 19.1. The molecule has 1 fully saturated rings. The van der Waals surface area contributed by atoms with Crippen molar-refractivity contribution in [1.29, 1.82) is 0 Å². The number of hydrogen-bond acceptors (Lipinski definition) is 3. The zero-order chi connectivity index (χ0) is 13.0. The molecule has 1 aliphatic rings. The van der Waals surface area contributed by atoms with Gasteiger partial charge in [-0.2, -0.15) is 0 Å². The van der Waals surface area contributed by atoms with E-state index in [9.17, 15) is 4.39 Å². The maximum absolute atomic E-state index is 13.2. The summed E-state index contributed by atoms with van der Waals surface area (Å²) in [5.74, 6) is -0.174. The minimum Gasteiger partial charge on any atom is -0.396 e. The van der Waals surface area contributed by atoms with E-state index in [1.807, 2.05) is 6.07 Å². The van der Waals surface area contributed by atoms with Crippen LogP contribution in [0.25, 0.3) is 0 Å². The summed E-state index contributed by atoms with van der Waals surface area (Å²) < 4.78 is 19.0. The molecule has 0 bridgehead atoms. The molecule has 0 amide bonds. The first-order valence-corrected chi connectivity index (χ1v) is 6.41. The second-order valence-electron chi connectivity index (χ2n) is 4.75. The molecule has 0 aliphatic carbocycles. The Morgan fingerprint density at radius 1 is 1.50 bits per heavy atom. The van der Waals surface area contributed by atoms with E-state index in [0.717, 1.165) is 31.6 Å². The lowest BCUT2D eigenvalue weighted by atomic mass is 10.0. The fourth-order valence-corrected chi connectivity index (χ4v) is 2.27. The van der Waals surface area contributed by atoms with Crippen LogP contribution in [0.3, 0.4) is 0 Å². The van der Waals surface area contributed by atoms with Gasteiger partial charge in [0, 0.05) is 26.2 Å². The smallest absolute Gasteiger partial charge is 0.126 e. The molecule has 0 aromatic heterocycles. The van der Waals surface area contributed by atoms with Crippen molar-refractivity contribution in [3.05, 3.63) is 35.1 Å². The monoisotopic (exact) mass is 253 g/mol. The van der Waals surface area contributed by atoms with Gasteiger partial charge in [0.15, 0.2) is 0 Å². The van der Waals surface area contributed by atoms with Gasteiger partial charge in [0.25, 0.3) is 0 Å². The first-order chi connectivity index (χ1) is 8.70. The van der Waals surface area contributed by atoms with E-state index in [4.69, 9.17) is 9.84 Å². The lowest BCUT2D eigenvalue weighted by Gasteiger charge is -2.33. The number of aryl methyl sites for hydroxylation is 1. The number of benzene rings is 1. The van der Waals surface area contributed by atoms with E-state index in [0.29, 0.717) is 12.2 Å². The third kappa shape index (κ3) is 3.28. The minimum absolute atomic E-state index is 0.0109. The molecule has 18 heavy (non-hydrogen) atoms. The summed E-state index contributed by atoms with van der Waals surface area (Å²) in [5.41, 5.74) is 1.69. The number of ether oxygens (including phenoxy) is 1. The quantitative estimate of drug-likeness (QED) is 0.889. The lowest BCUT2D eigenvalue weighted by molar-refractivity contribution is -0.0312. The third-order valence-electron chi connectivity index (χ3n) is 3.34. The molecule has 0 saturated carbocycles. The third-order valence-corrected chi connectivity index (χ3v) is 3.34. The number of aliphatic hydroxyl groups is 1. The molecular weight excluding hydrogens is 233 g/mol. The molecule has 2 rings (SSSR count). The predicted molar refractivity (Wildman–Crippen MR) is 68.0 cm³/mol. The number of rotatable bonds is 4. The maximum atomic E-state index is 13.2. The second-order valence-corrected chi connectivity index (χ2v) is 4.75. The Morgan fingerprint density at radius 3 is 3.06 bits per heavy atom. The van der Waals surface area contributed by atoms with Crippen LogP contribution < -0.4 is 0 Å². The zero-order valence-electron chi connectivity index (χ0n) is 10.7. The molecule has 100 valence electrons. The number of aliphatic hydroxyl groups excluding tert-OH is 1. The van der Waals surface area contributed by atoms with Gasteiger partial charge in [0.1, 0.15) is 5.82 Å². The second kappa shape index (κ2) is 6.27. The van der Waals surface area contributed by atoms with Crippen molar-refractivity contribution in [2.45, 2.75) is 19.4 Å². The number of halogens is 1. The van der Waals surface area contributed by atoms with Gasteiger partial charge >= 0.3 is 0 Å². The molecule has 3 nitrogen and oxygen atoms in total. The molecule has 1 saturated heterocycles. The Bertz CT molecular complexity index is 397. The summed E-state index contributed by atoms with van der Waals surface area (Å²) in [7, 11) is 0. The fraction of sp³-hybridized carbons (Fsp3) is 0.571. The highest BCUT2D eigenvalue weighted by Gasteiger charge is 2.21. The molecule has 4 heteroatoms. The minimum atomic E-state index is -0.174. The van der Waals surface area contributed by atoms with Gasteiger partial charge in [0.05, 0.1) is 12.7 Å². The van der Waals surface area contributed by atoms with Gasteiger partial charge in [0.2, 0.25) is 0 Å². The maximum Gasteiger partial charge on any atom is 0.126 e. The van der Waals surface area contributed by atoms with E-state index >= 15 is 0 Å². The Hall–Kier alpha value is -0.970. The summed E-state index contributed by atoms with van der Waals surface area (Å²) >= 11 is 0. The number of morpholine rings is 1. The van der Waals surface area contributed by atoms with Crippen LogP contribution >= 0.6 is 0 Å². The molecule has 1 aromatic carbocycles.